The summed E-state index contributed by atoms with van der Waals surface area (Å²) in [6.07, 6.45) is 5.31. The monoisotopic (exact) mass is 684 g/mol. The molecule has 0 aromatic heterocycles. The number of phenols is 2. The first kappa shape index (κ1) is 36.1. The van der Waals surface area contributed by atoms with Gasteiger partial charge in [-0.2, -0.15) is 0 Å². The van der Waals surface area contributed by atoms with Crippen molar-refractivity contribution in [2.45, 2.75) is 64.5 Å². The average molecular weight is 685 g/mol. The first-order valence-corrected chi connectivity index (χ1v) is 18.3. The molecule has 6 aromatic carbocycles. The standard InChI is InChI=1S/C48H48N2O2/c1-5-41(35-19-11-7-12-20-35)43-33(3)27-29-39(47(43)51)31-49-45(37-23-15-9-16-24-37)46(38-25-17-10-18-26-38)50-32-40-30-28-34(4)44(48(40)52)42(6-2)36-21-13-8-14-22-36/h7-32,41-42,45-46,51-52H,5-6H2,1-4H3/t41?,42?,45-,46-/m0/s1. The summed E-state index contributed by atoms with van der Waals surface area (Å²) in [7, 11) is 0. The van der Waals surface area contributed by atoms with Gasteiger partial charge in [0.15, 0.2) is 0 Å². The Morgan fingerprint density at radius 1 is 0.442 bits per heavy atom. The van der Waals surface area contributed by atoms with Crippen LogP contribution < -0.4 is 0 Å². The smallest absolute Gasteiger partial charge is 0.128 e. The molecule has 0 aliphatic heterocycles. The minimum absolute atomic E-state index is 0.0578. The maximum Gasteiger partial charge on any atom is 0.128 e. The van der Waals surface area contributed by atoms with Crippen LogP contribution in [-0.2, 0) is 0 Å². The molecule has 4 nitrogen and oxygen atoms in total. The number of aromatic hydroxyl groups is 2. The summed E-state index contributed by atoms with van der Waals surface area (Å²) in [5, 5.41) is 23.6. The number of aliphatic imine (C=N–C) groups is 2. The van der Waals surface area contributed by atoms with Gasteiger partial charge in [-0.25, -0.2) is 0 Å². The van der Waals surface area contributed by atoms with Crippen molar-refractivity contribution in [3.63, 3.8) is 0 Å². The molecular formula is C48H48N2O2. The fourth-order valence-electron chi connectivity index (χ4n) is 7.44. The Hall–Kier alpha value is -5.74. The second kappa shape index (κ2) is 17.0. The lowest BCUT2D eigenvalue weighted by Crippen LogP contribution is -2.10. The molecule has 0 fully saturated rings. The van der Waals surface area contributed by atoms with Crippen LogP contribution in [0.5, 0.6) is 11.5 Å². The topological polar surface area (TPSA) is 65.2 Å². The lowest BCUT2D eigenvalue weighted by molar-refractivity contribution is 0.461. The number of hydrogen-bond donors (Lipinski definition) is 2. The first-order valence-electron chi connectivity index (χ1n) is 18.3. The van der Waals surface area contributed by atoms with E-state index in [1.54, 1.807) is 12.4 Å². The van der Waals surface area contributed by atoms with Crippen LogP contribution in [0, 0.1) is 13.8 Å². The van der Waals surface area contributed by atoms with Crippen molar-refractivity contribution in [2.24, 2.45) is 9.98 Å². The molecule has 0 aliphatic carbocycles. The highest BCUT2D eigenvalue weighted by Gasteiger charge is 2.26. The molecule has 0 amide bonds. The zero-order valence-electron chi connectivity index (χ0n) is 30.5. The highest BCUT2D eigenvalue weighted by Crippen LogP contribution is 2.41. The Morgan fingerprint density at radius 2 is 0.750 bits per heavy atom. The summed E-state index contributed by atoms with van der Waals surface area (Å²) in [5.41, 5.74) is 9.63. The molecule has 4 heteroatoms. The Bertz CT molecular complexity index is 1960. The summed E-state index contributed by atoms with van der Waals surface area (Å²) in [5.74, 6) is 0.629. The van der Waals surface area contributed by atoms with Crippen LogP contribution in [0.1, 0.15) is 106 Å². The molecule has 0 heterocycles. The molecule has 0 saturated heterocycles. The number of hydrogen-bond acceptors (Lipinski definition) is 4. The summed E-state index contributed by atoms with van der Waals surface area (Å²) in [6.45, 7) is 8.43. The number of rotatable bonds is 13. The molecule has 0 aliphatic rings. The van der Waals surface area contributed by atoms with E-state index in [1.165, 1.54) is 11.1 Å². The third-order valence-electron chi connectivity index (χ3n) is 10.2. The normalized spacial score (nSPS) is 14.0. The SMILES string of the molecule is CCC(c1ccccc1)c1c(C)ccc(C=N[C@@H](c2ccccc2)[C@@H](N=Cc2ccc(C)c(C(CC)c3ccccc3)c2O)c2ccccc2)c1O. The Morgan fingerprint density at radius 3 is 1.06 bits per heavy atom. The first-order chi connectivity index (χ1) is 25.4. The van der Waals surface area contributed by atoms with Gasteiger partial charge in [-0.15, -0.1) is 0 Å². The molecule has 4 atom stereocenters. The van der Waals surface area contributed by atoms with Crippen LogP contribution in [0.2, 0.25) is 0 Å². The van der Waals surface area contributed by atoms with Crippen molar-refractivity contribution < 1.29 is 10.2 Å². The summed E-state index contributed by atoms with van der Waals surface area (Å²) in [4.78, 5) is 10.4. The number of nitrogens with zero attached hydrogens (tertiary/aromatic N) is 2. The van der Waals surface area contributed by atoms with E-state index in [2.05, 4.69) is 88.4 Å². The molecule has 0 radical (unpaired) electrons. The molecule has 0 saturated carbocycles. The molecule has 6 aromatic rings. The van der Waals surface area contributed by atoms with Crippen molar-refractivity contribution in [3.8, 4) is 11.5 Å². The quantitative estimate of drug-likeness (QED) is 0.119. The fraction of sp³-hybridized carbons (Fsp3) is 0.208. The Balaban J connectivity index is 1.43. The maximum absolute atomic E-state index is 11.8. The van der Waals surface area contributed by atoms with Crippen LogP contribution in [0.25, 0.3) is 0 Å². The van der Waals surface area contributed by atoms with Crippen molar-refractivity contribution in [1.29, 1.82) is 0 Å². The van der Waals surface area contributed by atoms with Gasteiger partial charge >= 0.3 is 0 Å². The van der Waals surface area contributed by atoms with Gasteiger partial charge in [-0.1, -0.05) is 147 Å². The minimum atomic E-state index is -0.417. The highest BCUT2D eigenvalue weighted by molar-refractivity contribution is 5.86. The number of phenolic OH excluding ortho intramolecular Hbond substituents is 2. The van der Waals surface area contributed by atoms with Gasteiger partial charge in [0.05, 0.1) is 0 Å². The molecule has 0 bridgehead atoms. The van der Waals surface area contributed by atoms with Gasteiger partial charge in [-0.05, 0) is 72.2 Å². The van der Waals surface area contributed by atoms with E-state index >= 15 is 0 Å². The lowest BCUT2D eigenvalue weighted by Gasteiger charge is -2.23. The van der Waals surface area contributed by atoms with Gasteiger partial charge < -0.3 is 10.2 Å². The fourth-order valence-corrected chi connectivity index (χ4v) is 7.44. The largest absolute Gasteiger partial charge is 0.507 e. The zero-order valence-corrected chi connectivity index (χ0v) is 30.5. The molecular weight excluding hydrogens is 637 g/mol. The molecule has 52 heavy (non-hydrogen) atoms. The summed E-state index contributed by atoms with van der Waals surface area (Å²) < 4.78 is 0. The van der Waals surface area contributed by atoms with E-state index in [0.717, 1.165) is 46.2 Å². The van der Waals surface area contributed by atoms with E-state index in [4.69, 9.17) is 9.98 Å². The highest BCUT2D eigenvalue weighted by atomic mass is 16.3. The average Bonchev–Trinajstić information content (AvgIpc) is 3.19. The third-order valence-corrected chi connectivity index (χ3v) is 10.2. The molecule has 262 valence electrons. The van der Waals surface area contributed by atoms with Crippen LogP contribution in [0.15, 0.2) is 156 Å². The lowest BCUT2D eigenvalue weighted by atomic mass is 9.85. The van der Waals surface area contributed by atoms with Gasteiger partial charge in [0.25, 0.3) is 0 Å². The number of benzene rings is 6. The number of aryl methyl sites for hydroxylation is 2. The van der Waals surface area contributed by atoms with Crippen molar-refractivity contribution in [2.75, 3.05) is 0 Å². The Kier molecular flexibility index (Phi) is 11.8. The van der Waals surface area contributed by atoms with Gasteiger partial charge in [0.1, 0.15) is 23.6 Å². The van der Waals surface area contributed by atoms with Crippen LogP contribution >= 0.6 is 0 Å². The van der Waals surface area contributed by atoms with E-state index in [0.29, 0.717) is 11.1 Å². The Labute approximate surface area is 308 Å². The van der Waals surface area contributed by atoms with Crippen LogP contribution in [0.4, 0.5) is 0 Å². The van der Waals surface area contributed by atoms with Gasteiger partial charge in [0, 0.05) is 46.5 Å². The third kappa shape index (κ3) is 7.92. The summed E-state index contributed by atoms with van der Waals surface area (Å²) >= 11 is 0. The van der Waals surface area contributed by atoms with Crippen LogP contribution in [-0.4, -0.2) is 22.6 Å². The predicted octanol–water partition coefficient (Wildman–Crippen LogP) is 11.8. The van der Waals surface area contributed by atoms with Crippen molar-refractivity contribution >= 4 is 12.4 Å². The summed E-state index contributed by atoms with van der Waals surface area (Å²) in [6, 6.07) is 48.3. The molecule has 2 unspecified atom stereocenters. The van der Waals surface area contributed by atoms with Gasteiger partial charge in [0.2, 0.25) is 0 Å². The molecule has 2 N–H and O–H groups in total. The predicted molar refractivity (Wildman–Crippen MR) is 216 cm³/mol. The second-order valence-electron chi connectivity index (χ2n) is 13.5. The van der Waals surface area contributed by atoms with Gasteiger partial charge in [-0.3, -0.25) is 9.98 Å². The van der Waals surface area contributed by atoms with Crippen molar-refractivity contribution in [1.82, 2.24) is 0 Å². The van der Waals surface area contributed by atoms with E-state index < -0.39 is 12.1 Å². The van der Waals surface area contributed by atoms with E-state index in [9.17, 15) is 10.2 Å². The van der Waals surface area contributed by atoms with Crippen LogP contribution in [0.3, 0.4) is 0 Å². The van der Waals surface area contributed by atoms with Crippen molar-refractivity contribution in [3.05, 3.63) is 201 Å². The van der Waals surface area contributed by atoms with E-state index in [-0.39, 0.29) is 23.3 Å². The second-order valence-corrected chi connectivity index (χ2v) is 13.5. The maximum atomic E-state index is 11.8. The van der Waals surface area contributed by atoms with E-state index in [1.807, 2.05) is 84.9 Å². The zero-order chi connectivity index (χ0) is 36.5. The molecule has 6 rings (SSSR count). The minimum Gasteiger partial charge on any atom is -0.507 e. The molecule has 0 spiro atoms.